The maximum atomic E-state index is 13.5. The van der Waals surface area contributed by atoms with Gasteiger partial charge in [0.05, 0.1) is 23.0 Å². The van der Waals surface area contributed by atoms with E-state index in [1.54, 1.807) is 19.1 Å². The summed E-state index contributed by atoms with van der Waals surface area (Å²) in [5, 5.41) is 5.63. The average Bonchev–Trinajstić information content (AvgIpc) is 3.21. The van der Waals surface area contributed by atoms with Gasteiger partial charge in [0.2, 0.25) is 15.9 Å². The van der Waals surface area contributed by atoms with Gasteiger partial charge in [0, 0.05) is 19.2 Å². The van der Waals surface area contributed by atoms with Crippen LogP contribution in [0.3, 0.4) is 0 Å². The Bertz CT molecular complexity index is 1170. The second-order valence-electron chi connectivity index (χ2n) is 8.55. The summed E-state index contributed by atoms with van der Waals surface area (Å²) >= 11 is 0. The van der Waals surface area contributed by atoms with Crippen molar-refractivity contribution < 1.29 is 27.2 Å². The van der Waals surface area contributed by atoms with Crippen LogP contribution < -0.4 is 15.4 Å². The second-order valence-corrected chi connectivity index (χ2v) is 10.5. The SMILES string of the molecule is CC[C@@H]1Oc2cc(S(=O)(=O)N3CCC[C@@H](C(=O)NCc4ccc(C)o4)C3)c(C)cc2NC1=O. The van der Waals surface area contributed by atoms with Crippen molar-refractivity contribution in [2.45, 2.75) is 57.6 Å². The molecular formula is C23H29N3O6S. The monoisotopic (exact) mass is 475 g/mol. The number of rotatable bonds is 6. The predicted octanol–water partition coefficient (Wildman–Crippen LogP) is 2.72. The summed E-state index contributed by atoms with van der Waals surface area (Å²) in [5.74, 6) is 0.887. The Labute approximate surface area is 193 Å². The van der Waals surface area contributed by atoms with Crippen molar-refractivity contribution in [1.82, 2.24) is 9.62 Å². The first-order chi connectivity index (χ1) is 15.7. The minimum atomic E-state index is -3.85. The summed E-state index contributed by atoms with van der Waals surface area (Å²) in [6, 6.07) is 6.73. The molecule has 0 spiro atoms. The van der Waals surface area contributed by atoms with Gasteiger partial charge in [-0.05, 0) is 56.9 Å². The summed E-state index contributed by atoms with van der Waals surface area (Å²) in [4.78, 5) is 24.9. The number of aryl methyl sites for hydroxylation is 2. The lowest BCUT2D eigenvalue weighted by molar-refractivity contribution is -0.126. The second kappa shape index (κ2) is 9.18. The van der Waals surface area contributed by atoms with Gasteiger partial charge in [0.15, 0.2) is 6.10 Å². The van der Waals surface area contributed by atoms with Crippen molar-refractivity contribution in [3.63, 3.8) is 0 Å². The van der Waals surface area contributed by atoms with Crippen LogP contribution in [0.15, 0.2) is 33.6 Å². The number of piperidine rings is 1. The lowest BCUT2D eigenvalue weighted by Gasteiger charge is -2.32. The van der Waals surface area contributed by atoms with E-state index in [4.69, 9.17) is 9.15 Å². The van der Waals surface area contributed by atoms with Crippen LogP contribution >= 0.6 is 0 Å². The van der Waals surface area contributed by atoms with Gasteiger partial charge >= 0.3 is 0 Å². The van der Waals surface area contributed by atoms with Crippen molar-refractivity contribution in [2.24, 2.45) is 5.92 Å². The molecule has 0 bridgehead atoms. The van der Waals surface area contributed by atoms with Crippen LogP contribution in [0.25, 0.3) is 0 Å². The van der Waals surface area contributed by atoms with Gasteiger partial charge in [-0.1, -0.05) is 6.92 Å². The van der Waals surface area contributed by atoms with E-state index in [1.165, 1.54) is 10.4 Å². The average molecular weight is 476 g/mol. The standard InChI is InChI=1S/C23H29N3O6S/c1-4-19-23(28)25-18-10-14(2)21(11-20(18)32-19)33(29,30)26-9-5-6-16(13-26)22(27)24-12-17-8-7-15(3)31-17/h7-8,10-11,16,19H,4-6,9,12-13H2,1-3H3,(H,24,27)(H,25,28)/t16-,19+/m1/s1. The molecule has 1 saturated heterocycles. The predicted molar refractivity (Wildman–Crippen MR) is 121 cm³/mol. The van der Waals surface area contributed by atoms with Crippen molar-refractivity contribution in [3.05, 3.63) is 41.3 Å². The number of benzene rings is 1. The van der Waals surface area contributed by atoms with Crippen LogP contribution in [0.1, 0.15) is 43.3 Å². The minimum Gasteiger partial charge on any atom is -0.478 e. The molecule has 2 atom stereocenters. The fourth-order valence-electron chi connectivity index (χ4n) is 4.24. The van der Waals surface area contributed by atoms with Crippen LogP contribution in [0.4, 0.5) is 5.69 Å². The summed E-state index contributed by atoms with van der Waals surface area (Å²) in [5.41, 5.74) is 0.970. The normalized spacial score (nSPS) is 21.1. The first-order valence-corrected chi connectivity index (χ1v) is 12.6. The molecule has 2 N–H and O–H groups in total. The number of anilines is 1. The highest BCUT2D eigenvalue weighted by Gasteiger charge is 2.35. The molecule has 1 aromatic carbocycles. The third kappa shape index (κ3) is 4.77. The molecule has 9 nitrogen and oxygen atoms in total. The number of amides is 2. The zero-order valence-corrected chi connectivity index (χ0v) is 19.8. The zero-order valence-electron chi connectivity index (χ0n) is 19.0. The number of nitrogens with one attached hydrogen (secondary N) is 2. The number of carbonyl (C=O) groups is 2. The molecule has 2 aromatic rings. The molecule has 2 aliphatic rings. The molecule has 2 amide bonds. The van der Waals surface area contributed by atoms with Crippen LogP contribution in [0, 0.1) is 19.8 Å². The summed E-state index contributed by atoms with van der Waals surface area (Å²) in [7, 11) is -3.85. The highest BCUT2D eigenvalue weighted by atomic mass is 32.2. The minimum absolute atomic E-state index is 0.108. The molecule has 178 valence electrons. The maximum absolute atomic E-state index is 13.5. The van der Waals surface area contributed by atoms with E-state index in [0.717, 1.165) is 5.76 Å². The Morgan fingerprint density at radius 3 is 2.76 bits per heavy atom. The lowest BCUT2D eigenvalue weighted by atomic mass is 9.99. The van der Waals surface area contributed by atoms with E-state index < -0.39 is 22.0 Å². The van der Waals surface area contributed by atoms with E-state index in [0.29, 0.717) is 48.6 Å². The van der Waals surface area contributed by atoms with E-state index >= 15 is 0 Å². The molecular weight excluding hydrogens is 446 g/mol. The number of hydrogen-bond acceptors (Lipinski definition) is 6. The van der Waals surface area contributed by atoms with E-state index in [-0.39, 0.29) is 29.8 Å². The first kappa shape index (κ1) is 23.3. The quantitative estimate of drug-likeness (QED) is 0.663. The number of furan rings is 1. The van der Waals surface area contributed by atoms with Crippen molar-refractivity contribution in [1.29, 1.82) is 0 Å². The summed E-state index contributed by atoms with van der Waals surface area (Å²) in [6.07, 6.45) is 1.02. The van der Waals surface area contributed by atoms with Crippen LogP contribution in [-0.2, 0) is 26.2 Å². The van der Waals surface area contributed by atoms with Crippen molar-refractivity contribution >= 4 is 27.5 Å². The fraction of sp³-hybridized carbons (Fsp3) is 0.478. The van der Waals surface area contributed by atoms with Crippen molar-refractivity contribution in [2.75, 3.05) is 18.4 Å². The molecule has 0 unspecified atom stereocenters. The van der Waals surface area contributed by atoms with Gasteiger partial charge < -0.3 is 19.8 Å². The van der Waals surface area contributed by atoms with Crippen molar-refractivity contribution in [3.8, 4) is 5.75 Å². The number of carbonyl (C=O) groups excluding carboxylic acids is 2. The molecule has 33 heavy (non-hydrogen) atoms. The van der Waals surface area contributed by atoms with Gasteiger partial charge in [-0.15, -0.1) is 0 Å². The largest absolute Gasteiger partial charge is 0.478 e. The molecule has 10 heteroatoms. The Kier molecular flexibility index (Phi) is 6.49. The van der Waals surface area contributed by atoms with E-state index in [2.05, 4.69) is 10.6 Å². The molecule has 2 aliphatic heterocycles. The molecule has 1 fully saturated rings. The number of sulfonamides is 1. The third-order valence-electron chi connectivity index (χ3n) is 6.07. The van der Waals surface area contributed by atoms with Gasteiger partial charge in [-0.3, -0.25) is 9.59 Å². The highest BCUT2D eigenvalue weighted by molar-refractivity contribution is 7.89. The molecule has 1 aromatic heterocycles. The molecule has 0 radical (unpaired) electrons. The molecule has 0 aliphatic carbocycles. The van der Waals surface area contributed by atoms with E-state index in [1.807, 2.05) is 19.9 Å². The number of nitrogens with zero attached hydrogens (tertiary/aromatic N) is 1. The Balaban J connectivity index is 1.50. The van der Waals surface area contributed by atoms with Gasteiger partial charge in [-0.2, -0.15) is 4.31 Å². The van der Waals surface area contributed by atoms with Crippen LogP contribution in [0.2, 0.25) is 0 Å². The fourth-order valence-corrected chi connectivity index (χ4v) is 5.99. The third-order valence-corrected chi connectivity index (χ3v) is 8.08. The molecule has 0 saturated carbocycles. The number of ether oxygens (including phenoxy) is 1. The Morgan fingerprint density at radius 1 is 1.27 bits per heavy atom. The Morgan fingerprint density at radius 2 is 2.06 bits per heavy atom. The van der Waals surface area contributed by atoms with Crippen LogP contribution in [-0.4, -0.2) is 43.7 Å². The topological polar surface area (TPSA) is 118 Å². The lowest BCUT2D eigenvalue weighted by Crippen LogP contribution is -2.45. The summed E-state index contributed by atoms with van der Waals surface area (Å²) in [6.45, 7) is 6.06. The number of fused-ring (bicyclic) bond motifs is 1. The molecule has 3 heterocycles. The van der Waals surface area contributed by atoms with Gasteiger partial charge in [-0.25, -0.2) is 8.42 Å². The van der Waals surface area contributed by atoms with Crippen LogP contribution in [0.5, 0.6) is 5.75 Å². The highest BCUT2D eigenvalue weighted by Crippen LogP contribution is 2.36. The number of hydrogen-bond donors (Lipinski definition) is 2. The zero-order chi connectivity index (χ0) is 23.8. The Hall–Kier alpha value is -2.85. The summed E-state index contributed by atoms with van der Waals surface area (Å²) < 4.78 is 39.6. The molecule has 4 rings (SSSR count). The van der Waals surface area contributed by atoms with Gasteiger partial charge in [0.25, 0.3) is 5.91 Å². The smallest absolute Gasteiger partial charge is 0.265 e. The maximum Gasteiger partial charge on any atom is 0.265 e. The first-order valence-electron chi connectivity index (χ1n) is 11.1. The van der Waals surface area contributed by atoms with E-state index in [9.17, 15) is 18.0 Å². The van der Waals surface area contributed by atoms with Gasteiger partial charge in [0.1, 0.15) is 17.3 Å².